The molecule has 0 aliphatic carbocycles. The predicted molar refractivity (Wildman–Crippen MR) is 189 cm³/mol. The summed E-state index contributed by atoms with van der Waals surface area (Å²) in [6.45, 7) is 5.92. The highest BCUT2D eigenvalue weighted by molar-refractivity contribution is 5.97. The molecule has 1 fully saturated rings. The van der Waals surface area contributed by atoms with E-state index in [0.29, 0.717) is 47.1 Å². The molecule has 0 bridgehead atoms. The van der Waals surface area contributed by atoms with Crippen LogP contribution in [0.5, 0.6) is 0 Å². The standard InChI is InChI=1S/C35H56N6O12/c1-23(11-17-42)20-30(45)36-14-5-8-27-33(48)39-28(34(49)38-27)9-6-15-40(51)32(47)22-25(3)13-19-53-35(50)29(37-26(4)44)10-7-16-41(52)31(46)21-24(2)12-18-43/h20-22,27-29,42-43,51-52H,5-19H2,1-4H3,(H,36,45)(H,37,44)(H,38,49)(H,39,48)/b23-20+,24-21+,25-22+/t27-,28-,29-/m0/s1. The van der Waals surface area contributed by atoms with Crippen LogP contribution in [0.15, 0.2) is 34.9 Å². The Bertz CT molecular complexity index is 1360. The monoisotopic (exact) mass is 752 g/mol. The number of amides is 6. The highest BCUT2D eigenvalue weighted by Gasteiger charge is 2.33. The molecule has 0 unspecified atom stereocenters. The molecule has 1 aliphatic rings. The summed E-state index contributed by atoms with van der Waals surface area (Å²) in [5.74, 6) is -3.72. The minimum absolute atomic E-state index is 0.0517. The van der Waals surface area contributed by atoms with E-state index in [1.54, 1.807) is 20.8 Å². The van der Waals surface area contributed by atoms with E-state index in [0.717, 1.165) is 11.6 Å². The number of carbonyl (C=O) groups excluding carboxylic acids is 7. The second-order valence-electron chi connectivity index (χ2n) is 12.9. The van der Waals surface area contributed by atoms with Crippen molar-refractivity contribution < 1.29 is 58.9 Å². The first-order valence-corrected chi connectivity index (χ1v) is 17.6. The number of aliphatic hydroxyl groups excluding tert-OH is 2. The maximum absolute atomic E-state index is 12.6. The molecule has 1 aliphatic heterocycles. The molecule has 1 rings (SSSR count). The Kier molecular flexibility index (Phi) is 22.2. The lowest BCUT2D eigenvalue weighted by Crippen LogP contribution is -2.61. The van der Waals surface area contributed by atoms with Gasteiger partial charge in [-0.1, -0.05) is 16.7 Å². The predicted octanol–water partition coefficient (Wildman–Crippen LogP) is -0.0963. The van der Waals surface area contributed by atoms with Crippen LogP contribution >= 0.6 is 0 Å². The van der Waals surface area contributed by atoms with E-state index >= 15 is 0 Å². The molecule has 0 saturated carbocycles. The van der Waals surface area contributed by atoms with Crippen molar-refractivity contribution in [2.75, 3.05) is 39.5 Å². The van der Waals surface area contributed by atoms with Gasteiger partial charge in [-0.15, -0.1) is 0 Å². The number of ether oxygens (including phenoxy) is 1. The molecule has 18 nitrogen and oxygen atoms in total. The van der Waals surface area contributed by atoms with Gasteiger partial charge in [0.25, 0.3) is 11.8 Å². The average Bonchev–Trinajstić information content (AvgIpc) is 3.07. The van der Waals surface area contributed by atoms with Crippen molar-refractivity contribution in [1.29, 1.82) is 0 Å². The van der Waals surface area contributed by atoms with Gasteiger partial charge < -0.3 is 36.2 Å². The number of esters is 1. The number of piperazine rings is 1. The molecule has 0 spiro atoms. The fourth-order valence-electron chi connectivity index (χ4n) is 5.03. The second kappa shape index (κ2) is 25.3. The van der Waals surface area contributed by atoms with E-state index in [1.165, 1.54) is 19.1 Å². The van der Waals surface area contributed by atoms with Crippen LogP contribution in [-0.2, 0) is 38.3 Å². The van der Waals surface area contributed by atoms with Crippen molar-refractivity contribution in [1.82, 2.24) is 31.4 Å². The Morgan fingerprint density at radius 2 is 1.25 bits per heavy atom. The molecule has 18 heteroatoms. The molecule has 53 heavy (non-hydrogen) atoms. The van der Waals surface area contributed by atoms with Crippen LogP contribution < -0.4 is 21.3 Å². The van der Waals surface area contributed by atoms with Gasteiger partial charge in [-0.3, -0.25) is 39.2 Å². The van der Waals surface area contributed by atoms with Gasteiger partial charge in [0.15, 0.2) is 0 Å². The number of nitrogens with one attached hydrogen (secondary N) is 4. The van der Waals surface area contributed by atoms with Crippen LogP contribution in [-0.4, -0.2) is 130 Å². The van der Waals surface area contributed by atoms with Gasteiger partial charge in [0, 0.05) is 64.4 Å². The van der Waals surface area contributed by atoms with Crippen LogP contribution in [0.25, 0.3) is 0 Å². The molecule has 1 saturated heterocycles. The van der Waals surface area contributed by atoms with Crippen molar-refractivity contribution in [3.63, 3.8) is 0 Å². The molecule has 0 aromatic heterocycles. The van der Waals surface area contributed by atoms with Crippen LogP contribution in [0, 0.1) is 0 Å². The summed E-state index contributed by atoms with van der Waals surface area (Å²) < 4.78 is 5.26. The van der Waals surface area contributed by atoms with E-state index in [4.69, 9.17) is 14.9 Å². The van der Waals surface area contributed by atoms with E-state index in [1.807, 2.05) is 0 Å². The zero-order valence-corrected chi connectivity index (χ0v) is 31.0. The summed E-state index contributed by atoms with van der Waals surface area (Å²) >= 11 is 0. The highest BCUT2D eigenvalue weighted by atomic mass is 16.5. The third-order valence-electron chi connectivity index (χ3n) is 8.00. The molecule has 6 amide bonds. The van der Waals surface area contributed by atoms with Gasteiger partial charge in [-0.2, -0.15) is 0 Å². The minimum atomic E-state index is -1.04. The Hall–Kier alpha value is -4.65. The summed E-state index contributed by atoms with van der Waals surface area (Å²) in [5.41, 5.74) is 1.80. The quantitative estimate of drug-likeness (QED) is 0.0211. The minimum Gasteiger partial charge on any atom is -0.464 e. The van der Waals surface area contributed by atoms with Crippen LogP contribution in [0.4, 0.5) is 0 Å². The maximum atomic E-state index is 12.6. The van der Waals surface area contributed by atoms with Crippen molar-refractivity contribution in [2.24, 2.45) is 0 Å². The smallest absolute Gasteiger partial charge is 0.328 e. The Morgan fingerprint density at radius 1 is 0.755 bits per heavy atom. The van der Waals surface area contributed by atoms with Crippen molar-refractivity contribution >= 4 is 41.4 Å². The van der Waals surface area contributed by atoms with Crippen molar-refractivity contribution in [3.8, 4) is 0 Å². The Morgan fingerprint density at radius 3 is 1.77 bits per heavy atom. The fraction of sp³-hybridized carbons (Fsp3) is 0.629. The third kappa shape index (κ3) is 19.7. The summed E-state index contributed by atoms with van der Waals surface area (Å²) in [6.07, 6.45) is 5.89. The van der Waals surface area contributed by atoms with E-state index in [2.05, 4.69) is 21.3 Å². The largest absolute Gasteiger partial charge is 0.464 e. The molecular weight excluding hydrogens is 696 g/mol. The number of carbonyl (C=O) groups is 7. The summed E-state index contributed by atoms with van der Waals surface area (Å²) in [6, 6.07) is -2.64. The average molecular weight is 753 g/mol. The third-order valence-corrected chi connectivity index (χ3v) is 8.00. The summed E-state index contributed by atoms with van der Waals surface area (Å²) in [7, 11) is 0. The Labute approximate surface area is 309 Å². The van der Waals surface area contributed by atoms with Crippen molar-refractivity contribution in [2.45, 2.75) is 104 Å². The normalized spacial score (nSPS) is 16.9. The van der Waals surface area contributed by atoms with Crippen LogP contribution in [0.3, 0.4) is 0 Å². The van der Waals surface area contributed by atoms with Gasteiger partial charge in [0.05, 0.1) is 6.61 Å². The fourth-order valence-corrected chi connectivity index (χ4v) is 5.03. The van der Waals surface area contributed by atoms with Crippen LogP contribution in [0.1, 0.15) is 85.5 Å². The zero-order valence-electron chi connectivity index (χ0n) is 31.0. The molecule has 8 N–H and O–H groups in total. The number of hydroxylamine groups is 4. The number of nitrogens with zero attached hydrogens (tertiary/aromatic N) is 2. The number of hydrogen-bond donors (Lipinski definition) is 8. The number of rotatable bonds is 24. The summed E-state index contributed by atoms with van der Waals surface area (Å²) in [5, 5.41) is 49.4. The first kappa shape index (κ1) is 46.4. The van der Waals surface area contributed by atoms with Gasteiger partial charge in [-0.05, 0) is 72.1 Å². The first-order chi connectivity index (χ1) is 25.1. The van der Waals surface area contributed by atoms with E-state index in [-0.39, 0.29) is 83.2 Å². The topological polar surface area (TPSA) is 264 Å². The van der Waals surface area contributed by atoms with E-state index in [9.17, 15) is 44.0 Å². The lowest BCUT2D eigenvalue weighted by Gasteiger charge is -2.30. The zero-order chi connectivity index (χ0) is 39.9. The molecule has 3 atom stereocenters. The number of hydrogen-bond acceptors (Lipinski definition) is 12. The van der Waals surface area contributed by atoms with E-state index < -0.39 is 47.7 Å². The van der Waals surface area contributed by atoms with Crippen molar-refractivity contribution in [3.05, 3.63) is 34.9 Å². The summed E-state index contributed by atoms with van der Waals surface area (Å²) in [4.78, 5) is 85.7. The molecule has 0 aromatic carbocycles. The molecule has 298 valence electrons. The Balaban J connectivity index is 2.44. The molecule has 1 heterocycles. The lowest BCUT2D eigenvalue weighted by molar-refractivity contribution is -0.160. The van der Waals surface area contributed by atoms with Gasteiger partial charge in [0.2, 0.25) is 23.6 Å². The van der Waals surface area contributed by atoms with Crippen LogP contribution in [0.2, 0.25) is 0 Å². The maximum Gasteiger partial charge on any atom is 0.328 e. The molecular formula is C35H56N6O12. The lowest BCUT2D eigenvalue weighted by atomic mass is 10.0. The molecule has 0 radical (unpaired) electrons. The molecule has 0 aromatic rings. The number of aliphatic hydroxyl groups is 2. The van der Waals surface area contributed by atoms with Gasteiger partial charge >= 0.3 is 5.97 Å². The van der Waals surface area contributed by atoms with Gasteiger partial charge in [0.1, 0.15) is 18.1 Å². The SMILES string of the molecule is CC(=O)N[C@@H](CCCN(O)C(=O)/C=C(\C)CCO)C(=O)OCC/C(C)=C/C(=O)N(O)CCC[C@@H]1NC(=O)[C@H](CCCNC(=O)/C=C(\C)CCO)NC1=O. The van der Waals surface area contributed by atoms with Gasteiger partial charge in [-0.25, -0.2) is 14.9 Å². The second-order valence-corrected chi connectivity index (χ2v) is 12.9. The first-order valence-electron chi connectivity index (χ1n) is 17.6. The highest BCUT2D eigenvalue weighted by Crippen LogP contribution is 2.10.